The van der Waals surface area contributed by atoms with Gasteiger partial charge in [-0.05, 0) is 57.0 Å². The highest BCUT2D eigenvalue weighted by molar-refractivity contribution is 7.92. The summed E-state index contributed by atoms with van der Waals surface area (Å²) in [4.78, 5) is 26.3. The molecule has 1 atom stereocenters. The van der Waals surface area contributed by atoms with Gasteiger partial charge in [-0.2, -0.15) is 0 Å². The summed E-state index contributed by atoms with van der Waals surface area (Å²) in [6, 6.07) is 6.69. The van der Waals surface area contributed by atoms with Crippen LogP contribution in [0.15, 0.2) is 41.1 Å². The molecule has 2 heterocycles. The number of hydrogen-bond donors (Lipinski definition) is 0. The fourth-order valence-corrected chi connectivity index (χ4v) is 5.22. The van der Waals surface area contributed by atoms with Gasteiger partial charge in [-0.3, -0.25) is 9.69 Å². The van der Waals surface area contributed by atoms with E-state index in [1.807, 2.05) is 0 Å². The lowest BCUT2D eigenvalue weighted by Crippen LogP contribution is -2.62. The molecule has 2 aliphatic heterocycles. The van der Waals surface area contributed by atoms with Crippen molar-refractivity contribution in [1.29, 1.82) is 0 Å². The Morgan fingerprint density at radius 3 is 2.41 bits per heavy atom. The first-order chi connectivity index (χ1) is 12.4. The van der Waals surface area contributed by atoms with Crippen molar-refractivity contribution >= 4 is 39.4 Å². The third kappa shape index (κ3) is 3.66. The second kappa shape index (κ2) is 6.49. The van der Waals surface area contributed by atoms with Gasteiger partial charge in [0.25, 0.3) is 5.91 Å². The lowest BCUT2D eigenvalue weighted by molar-refractivity contribution is -0.155. The number of fused-ring (bicyclic) bond motifs is 1. The third-order valence-electron chi connectivity index (χ3n) is 4.15. The Labute approximate surface area is 163 Å². The smallest absolute Gasteiger partial charge is 0.355 e. The molecule has 0 saturated carbocycles. The number of nitrogens with zero attached hydrogens (tertiary/aromatic N) is 1. The summed E-state index contributed by atoms with van der Waals surface area (Å²) in [6.45, 7) is 6.66. The van der Waals surface area contributed by atoms with Crippen molar-refractivity contribution < 1.29 is 22.7 Å². The Balaban J connectivity index is 2.01. The molecule has 1 fully saturated rings. The topological polar surface area (TPSA) is 80.8 Å². The number of carbonyl (C=O) groups is 2. The molecule has 27 heavy (non-hydrogen) atoms. The van der Waals surface area contributed by atoms with Gasteiger partial charge in [0, 0.05) is 5.02 Å². The van der Waals surface area contributed by atoms with Crippen LogP contribution in [0.2, 0.25) is 5.02 Å². The van der Waals surface area contributed by atoms with Crippen molar-refractivity contribution in [3.63, 3.8) is 0 Å². The molecule has 0 spiro atoms. The van der Waals surface area contributed by atoms with Gasteiger partial charge >= 0.3 is 5.97 Å². The summed E-state index contributed by atoms with van der Waals surface area (Å²) in [5.74, 6) is -1.51. The van der Waals surface area contributed by atoms with Crippen molar-refractivity contribution in [3.05, 3.63) is 51.7 Å². The largest absolute Gasteiger partial charge is 0.455 e. The van der Waals surface area contributed by atoms with E-state index in [4.69, 9.17) is 16.3 Å². The Morgan fingerprint density at radius 2 is 1.85 bits per heavy atom. The maximum Gasteiger partial charge on any atom is 0.355 e. The first kappa shape index (κ1) is 19.6. The van der Waals surface area contributed by atoms with Crippen LogP contribution in [-0.4, -0.2) is 41.9 Å². The van der Waals surface area contributed by atoms with E-state index < -0.39 is 32.7 Å². The van der Waals surface area contributed by atoms with Gasteiger partial charge in [0.1, 0.15) is 11.3 Å². The molecule has 0 radical (unpaired) electrons. The highest BCUT2D eigenvalue weighted by Gasteiger charge is 2.56. The Kier molecular flexibility index (Phi) is 4.72. The van der Waals surface area contributed by atoms with Crippen LogP contribution >= 0.6 is 11.6 Å². The highest BCUT2D eigenvalue weighted by Crippen LogP contribution is 2.41. The molecule has 1 aromatic carbocycles. The van der Waals surface area contributed by atoms with Crippen molar-refractivity contribution in [3.8, 4) is 0 Å². The van der Waals surface area contributed by atoms with E-state index in [2.05, 4.69) is 0 Å². The molecule has 1 unspecified atom stereocenters. The number of halogens is 1. The van der Waals surface area contributed by atoms with Crippen LogP contribution in [-0.2, 0) is 24.2 Å². The molecule has 3 rings (SSSR count). The number of rotatable bonds is 2. The Morgan fingerprint density at radius 1 is 1.26 bits per heavy atom. The summed E-state index contributed by atoms with van der Waals surface area (Å²) in [5.41, 5.74) is 0.350. The SMILES string of the molecule is CC1=C(C(=O)OC(C)(C)C)N2C(=O)/C(=C/c3ccc(Cl)cc3)C2S(=O)(=O)C1. The predicted octanol–water partition coefficient (Wildman–Crippen LogP) is 2.94. The fraction of sp³-hybridized carbons (Fsp3) is 0.368. The zero-order valence-electron chi connectivity index (χ0n) is 15.4. The zero-order chi connectivity index (χ0) is 20.1. The second-order valence-corrected chi connectivity index (χ2v) is 10.1. The average molecular weight is 410 g/mol. The summed E-state index contributed by atoms with van der Waals surface area (Å²) in [5, 5.41) is -0.637. The number of ether oxygens (including phenoxy) is 1. The quantitative estimate of drug-likeness (QED) is 0.426. The first-order valence-corrected chi connectivity index (χ1v) is 10.5. The van der Waals surface area contributed by atoms with Crippen LogP contribution in [0.25, 0.3) is 6.08 Å². The van der Waals surface area contributed by atoms with Gasteiger partial charge in [0.05, 0.1) is 11.3 Å². The van der Waals surface area contributed by atoms with E-state index in [-0.39, 0.29) is 17.0 Å². The molecule has 1 amide bonds. The number of hydrogen-bond acceptors (Lipinski definition) is 5. The maximum atomic E-state index is 12.7. The van der Waals surface area contributed by atoms with Crippen molar-refractivity contribution in [2.24, 2.45) is 0 Å². The monoisotopic (exact) mass is 409 g/mol. The van der Waals surface area contributed by atoms with Gasteiger partial charge in [-0.1, -0.05) is 23.7 Å². The van der Waals surface area contributed by atoms with Crippen LogP contribution in [0.4, 0.5) is 0 Å². The molecule has 8 heteroatoms. The van der Waals surface area contributed by atoms with Gasteiger partial charge < -0.3 is 4.74 Å². The number of esters is 1. The van der Waals surface area contributed by atoms with Crippen LogP contribution in [0, 0.1) is 0 Å². The molecule has 0 bridgehead atoms. The van der Waals surface area contributed by atoms with Crippen molar-refractivity contribution in [2.45, 2.75) is 38.7 Å². The summed E-state index contributed by atoms with van der Waals surface area (Å²) < 4.78 is 30.7. The van der Waals surface area contributed by atoms with Crippen LogP contribution < -0.4 is 0 Å². The molecule has 0 N–H and O–H groups in total. The molecule has 2 aliphatic rings. The lowest BCUT2D eigenvalue weighted by atomic mass is 9.99. The van der Waals surface area contributed by atoms with Crippen LogP contribution in [0.3, 0.4) is 0 Å². The Bertz CT molecular complexity index is 984. The molecule has 1 saturated heterocycles. The van der Waals surface area contributed by atoms with E-state index in [1.54, 1.807) is 45.0 Å². The summed E-state index contributed by atoms with van der Waals surface area (Å²) >= 11 is 5.85. The van der Waals surface area contributed by atoms with E-state index >= 15 is 0 Å². The van der Waals surface area contributed by atoms with Crippen molar-refractivity contribution in [1.82, 2.24) is 4.90 Å². The molecule has 1 aromatic rings. The van der Waals surface area contributed by atoms with Gasteiger partial charge in [0.15, 0.2) is 15.2 Å². The number of amides is 1. The minimum atomic E-state index is -3.65. The minimum Gasteiger partial charge on any atom is -0.455 e. The van der Waals surface area contributed by atoms with Crippen LogP contribution in [0.1, 0.15) is 33.3 Å². The number of β-lactam (4-membered cyclic amide) rings is 1. The highest BCUT2D eigenvalue weighted by atomic mass is 35.5. The first-order valence-electron chi connectivity index (χ1n) is 8.36. The molecule has 144 valence electrons. The molecular weight excluding hydrogens is 390 g/mol. The van der Waals surface area contributed by atoms with Gasteiger partial charge in [-0.15, -0.1) is 0 Å². The Hall–Kier alpha value is -2.12. The van der Waals surface area contributed by atoms with E-state index in [1.165, 1.54) is 13.0 Å². The fourth-order valence-electron chi connectivity index (χ4n) is 3.12. The summed E-state index contributed by atoms with van der Waals surface area (Å²) in [6.07, 6.45) is 1.52. The molecular formula is C19H20ClNO5S. The van der Waals surface area contributed by atoms with E-state index in [9.17, 15) is 18.0 Å². The molecule has 0 aromatic heterocycles. The standard InChI is InChI=1S/C19H20ClNO5S/c1-11-10-27(24,25)17-14(9-12-5-7-13(20)8-6-12)16(22)21(17)15(11)18(23)26-19(2,3)4/h5-9,17H,10H2,1-4H3/b14-9-. The van der Waals surface area contributed by atoms with Gasteiger partial charge in [-0.25, -0.2) is 13.2 Å². The average Bonchev–Trinajstić information content (AvgIpc) is 2.51. The summed E-state index contributed by atoms with van der Waals surface area (Å²) in [7, 11) is -3.65. The normalized spacial score (nSPS) is 23.1. The van der Waals surface area contributed by atoms with Gasteiger partial charge in [0.2, 0.25) is 0 Å². The second-order valence-electron chi connectivity index (χ2n) is 7.62. The van der Waals surface area contributed by atoms with E-state index in [0.29, 0.717) is 16.2 Å². The zero-order valence-corrected chi connectivity index (χ0v) is 17.0. The minimum absolute atomic E-state index is 0.0167. The molecule has 0 aliphatic carbocycles. The van der Waals surface area contributed by atoms with E-state index in [0.717, 1.165) is 4.90 Å². The third-order valence-corrected chi connectivity index (χ3v) is 6.39. The number of benzene rings is 1. The number of carbonyl (C=O) groups excluding carboxylic acids is 2. The maximum absolute atomic E-state index is 12.7. The van der Waals surface area contributed by atoms with Crippen molar-refractivity contribution in [2.75, 3.05) is 5.75 Å². The number of sulfone groups is 1. The van der Waals surface area contributed by atoms with Crippen LogP contribution in [0.5, 0.6) is 0 Å². The molecule has 6 nitrogen and oxygen atoms in total. The predicted molar refractivity (Wildman–Crippen MR) is 102 cm³/mol. The lowest BCUT2D eigenvalue weighted by Gasteiger charge is -2.45.